The molecular formula is C9H15N3O3. The normalized spacial score (nSPS) is 15.8. The highest BCUT2D eigenvalue weighted by Crippen LogP contribution is 1.98. The van der Waals surface area contributed by atoms with Gasteiger partial charge >= 0.3 is 6.03 Å². The molecule has 0 unspecified atom stereocenters. The van der Waals surface area contributed by atoms with Gasteiger partial charge in [0.05, 0.1) is 6.54 Å². The van der Waals surface area contributed by atoms with E-state index in [2.05, 4.69) is 10.6 Å². The molecular weight excluding hydrogens is 198 g/mol. The van der Waals surface area contributed by atoms with Gasteiger partial charge in [0.2, 0.25) is 5.91 Å². The van der Waals surface area contributed by atoms with E-state index < -0.39 is 6.03 Å². The molecule has 1 aliphatic heterocycles. The topological polar surface area (TPSA) is 78.5 Å². The molecule has 0 saturated carbocycles. The maximum atomic E-state index is 11.3. The van der Waals surface area contributed by atoms with Gasteiger partial charge in [0.1, 0.15) is 6.54 Å². The van der Waals surface area contributed by atoms with Crippen LogP contribution in [0.25, 0.3) is 0 Å². The Morgan fingerprint density at radius 1 is 1.53 bits per heavy atom. The van der Waals surface area contributed by atoms with Crippen molar-refractivity contribution < 1.29 is 14.4 Å². The van der Waals surface area contributed by atoms with Crippen molar-refractivity contribution in [2.75, 3.05) is 19.6 Å². The van der Waals surface area contributed by atoms with Crippen LogP contribution in [0, 0.1) is 5.92 Å². The van der Waals surface area contributed by atoms with E-state index in [4.69, 9.17) is 0 Å². The Hall–Kier alpha value is -1.59. The minimum Gasteiger partial charge on any atom is -0.354 e. The van der Waals surface area contributed by atoms with Crippen molar-refractivity contribution in [2.24, 2.45) is 5.92 Å². The molecule has 1 heterocycles. The molecule has 0 atom stereocenters. The Morgan fingerprint density at radius 3 is 2.67 bits per heavy atom. The Kier molecular flexibility index (Phi) is 3.65. The first kappa shape index (κ1) is 11.5. The quantitative estimate of drug-likeness (QED) is 0.607. The van der Waals surface area contributed by atoms with Gasteiger partial charge in [-0.3, -0.25) is 14.5 Å². The zero-order valence-electron chi connectivity index (χ0n) is 8.87. The molecule has 2 N–H and O–H groups in total. The van der Waals surface area contributed by atoms with Gasteiger partial charge in [-0.25, -0.2) is 4.79 Å². The fourth-order valence-corrected chi connectivity index (χ4v) is 1.13. The summed E-state index contributed by atoms with van der Waals surface area (Å²) >= 11 is 0. The lowest BCUT2D eigenvalue weighted by molar-refractivity contribution is -0.130. The van der Waals surface area contributed by atoms with E-state index in [1.54, 1.807) is 0 Å². The molecule has 1 saturated heterocycles. The van der Waals surface area contributed by atoms with Crippen molar-refractivity contribution in [2.45, 2.75) is 13.8 Å². The van der Waals surface area contributed by atoms with Gasteiger partial charge in [0.15, 0.2) is 0 Å². The van der Waals surface area contributed by atoms with Gasteiger partial charge in [-0.1, -0.05) is 13.8 Å². The third kappa shape index (κ3) is 3.23. The van der Waals surface area contributed by atoms with Gasteiger partial charge < -0.3 is 10.6 Å². The van der Waals surface area contributed by atoms with E-state index in [-0.39, 0.29) is 24.9 Å². The molecule has 1 fully saturated rings. The van der Waals surface area contributed by atoms with Crippen LogP contribution >= 0.6 is 0 Å². The predicted octanol–water partition coefficient (Wildman–Crippen LogP) is -0.690. The van der Waals surface area contributed by atoms with E-state index in [0.717, 1.165) is 4.90 Å². The highest BCUT2D eigenvalue weighted by Gasteiger charge is 2.29. The van der Waals surface area contributed by atoms with E-state index in [1.165, 1.54) is 0 Å². The van der Waals surface area contributed by atoms with Gasteiger partial charge in [-0.2, -0.15) is 0 Å². The van der Waals surface area contributed by atoms with E-state index in [9.17, 15) is 14.4 Å². The maximum absolute atomic E-state index is 11.3. The van der Waals surface area contributed by atoms with Crippen LogP contribution in [0.2, 0.25) is 0 Å². The number of carbonyl (C=O) groups is 3. The Labute approximate surface area is 88.0 Å². The minimum atomic E-state index is -0.500. The molecule has 6 nitrogen and oxygen atoms in total. The average molecular weight is 213 g/mol. The molecule has 0 spiro atoms. The summed E-state index contributed by atoms with van der Waals surface area (Å²) in [6.45, 7) is 4.26. The Bertz CT molecular complexity index is 272. The van der Waals surface area contributed by atoms with Gasteiger partial charge in [0.25, 0.3) is 5.91 Å². The Morgan fingerprint density at radius 2 is 2.20 bits per heavy atom. The molecule has 0 bridgehead atoms. The summed E-state index contributed by atoms with van der Waals surface area (Å²) in [5, 5.41) is 4.98. The molecule has 84 valence electrons. The van der Waals surface area contributed by atoms with E-state index in [0.29, 0.717) is 12.5 Å². The van der Waals surface area contributed by atoms with Crippen molar-refractivity contribution in [1.82, 2.24) is 15.5 Å². The van der Waals surface area contributed by atoms with Crippen LogP contribution in [0.3, 0.4) is 0 Å². The lowest BCUT2D eigenvalue weighted by Gasteiger charge is -2.13. The van der Waals surface area contributed by atoms with Crippen molar-refractivity contribution in [3.8, 4) is 0 Å². The average Bonchev–Trinajstić information content (AvgIpc) is 2.46. The molecule has 4 amide bonds. The molecule has 6 heteroatoms. The van der Waals surface area contributed by atoms with Crippen molar-refractivity contribution in [3.05, 3.63) is 0 Å². The van der Waals surface area contributed by atoms with Crippen LogP contribution in [0.4, 0.5) is 4.79 Å². The van der Waals surface area contributed by atoms with Crippen LogP contribution in [0.15, 0.2) is 0 Å². The van der Waals surface area contributed by atoms with Crippen molar-refractivity contribution >= 4 is 17.8 Å². The van der Waals surface area contributed by atoms with Crippen LogP contribution in [0.1, 0.15) is 13.8 Å². The maximum Gasteiger partial charge on any atom is 0.325 e. The second-order valence-corrected chi connectivity index (χ2v) is 3.84. The summed E-state index contributed by atoms with van der Waals surface area (Å²) < 4.78 is 0. The standard InChI is InChI=1S/C9H15N3O3/c1-6(2)3-10-7(13)5-12-8(14)4-11-9(12)15/h6H,3-5H2,1-2H3,(H,10,13)(H,11,15). The fourth-order valence-electron chi connectivity index (χ4n) is 1.13. The highest BCUT2D eigenvalue weighted by molar-refractivity contribution is 6.04. The number of nitrogens with zero attached hydrogens (tertiary/aromatic N) is 1. The van der Waals surface area contributed by atoms with Gasteiger partial charge in [-0.05, 0) is 5.92 Å². The van der Waals surface area contributed by atoms with E-state index in [1.807, 2.05) is 13.8 Å². The molecule has 1 aliphatic rings. The summed E-state index contributed by atoms with van der Waals surface area (Å²) in [6.07, 6.45) is 0. The molecule has 0 aliphatic carbocycles. The number of carbonyl (C=O) groups excluding carboxylic acids is 3. The smallest absolute Gasteiger partial charge is 0.325 e. The molecule has 0 aromatic carbocycles. The first-order chi connectivity index (χ1) is 7.00. The Balaban J connectivity index is 2.37. The lowest BCUT2D eigenvalue weighted by Crippen LogP contribution is -2.41. The third-order valence-corrected chi connectivity index (χ3v) is 1.95. The number of nitrogens with one attached hydrogen (secondary N) is 2. The zero-order chi connectivity index (χ0) is 11.4. The van der Waals surface area contributed by atoms with Crippen LogP contribution in [0.5, 0.6) is 0 Å². The molecule has 0 aromatic heterocycles. The lowest BCUT2D eigenvalue weighted by atomic mass is 10.2. The molecule has 15 heavy (non-hydrogen) atoms. The largest absolute Gasteiger partial charge is 0.354 e. The molecule has 0 aromatic rings. The summed E-state index contributed by atoms with van der Waals surface area (Å²) in [5.41, 5.74) is 0. The van der Waals surface area contributed by atoms with E-state index >= 15 is 0 Å². The van der Waals surface area contributed by atoms with Crippen LogP contribution < -0.4 is 10.6 Å². The number of urea groups is 1. The summed E-state index contributed by atoms with van der Waals surface area (Å²) in [4.78, 5) is 34.4. The summed E-state index contributed by atoms with van der Waals surface area (Å²) in [5.74, 6) is -0.328. The molecule has 1 rings (SSSR count). The number of hydrogen-bond donors (Lipinski definition) is 2. The number of rotatable bonds is 4. The highest BCUT2D eigenvalue weighted by atomic mass is 16.2. The molecule has 0 radical (unpaired) electrons. The number of amides is 4. The van der Waals surface area contributed by atoms with Crippen LogP contribution in [-0.2, 0) is 9.59 Å². The van der Waals surface area contributed by atoms with Crippen molar-refractivity contribution in [1.29, 1.82) is 0 Å². The second-order valence-electron chi connectivity index (χ2n) is 3.84. The van der Waals surface area contributed by atoms with Gasteiger partial charge in [-0.15, -0.1) is 0 Å². The monoisotopic (exact) mass is 213 g/mol. The third-order valence-electron chi connectivity index (χ3n) is 1.95. The fraction of sp³-hybridized carbons (Fsp3) is 0.667. The first-order valence-corrected chi connectivity index (χ1v) is 4.85. The summed E-state index contributed by atoms with van der Waals surface area (Å²) in [6, 6.07) is -0.500. The van der Waals surface area contributed by atoms with Crippen molar-refractivity contribution in [3.63, 3.8) is 0 Å². The number of hydrogen-bond acceptors (Lipinski definition) is 3. The SMILES string of the molecule is CC(C)CNC(=O)CN1C(=O)CNC1=O. The second kappa shape index (κ2) is 4.77. The van der Waals surface area contributed by atoms with Crippen LogP contribution in [-0.4, -0.2) is 42.4 Å². The first-order valence-electron chi connectivity index (χ1n) is 4.85. The van der Waals surface area contributed by atoms with Gasteiger partial charge in [0, 0.05) is 6.54 Å². The minimum absolute atomic E-state index is 0.0176. The summed E-state index contributed by atoms with van der Waals surface area (Å²) in [7, 11) is 0. The predicted molar refractivity (Wildman–Crippen MR) is 53.0 cm³/mol. The zero-order valence-corrected chi connectivity index (χ0v) is 8.87. The number of imide groups is 1.